The normalized spacial score (nSPS) is 19.0. The third-order valence-corrected chi connectivity index (χ3v) is 5.35. The van der Waals surface area contributed by atoms with Gasteiger partial charge in [0, 0.05) is 6.42 Å². The van der Waals surface area contributed by atoms with E-state index in [1.807, 2.05) is 42.5 Å². The topological polar surface area (TPSA) is 96.9 Å². The first-order chi connectivity index (χ1) is 13.9. The third kappa shape index (κ3) is 4.35. The Hall–Kier alpha value is -3.06. The van der Waals surface area contributed by atoms with E-state index in [9.17, 15) is 14.7 Å². The highest BCUT2D eigenvalue weighted by atomic mass is 16.5. The van der Waals surface area contributed by atoms with Crippen LogP contribution in [0.2, 0.25) is 0 Å². The lowest BCUT2D eigenvalue weighted by molar-refractivity contribution is -0.143. The van der Waals surface area contributed by atoms with Crippen LogP contribution in [-0.2, 0) is 16.0 Å². The van der Waals surface area contributed by atoms with Crippen LogP contribution in [0.1, 0.15) is 18.9 Å². The fourth-order valence-electron chi connectivity index (χ4n) is 3.39. The largest absolute Gasteiger partial charge is 0.496 e. The van der Waals surface area contributed by atoms with Crippen molar-refractivity contribution in [3.05, 3.63) is 48.0 Å². The molecular formula is C22H26N2O5. The van der Waals surface area contributed by atoms with Crippen LogP contribution in [0.3, 0.4) is 0 Å². The SMILES string of the molecule is COc1cccc(OC)c1-c1ccc(C[C@H](NC(=O)C2(C)CCN2)C(=O)O)cc1. The smallest absolute Gasteiger partial charge is 0.326 e. The molecule has 1 fully saturated rings. The van der Waals surface area contributed by atoms with Crippen molar-refractivity contribution in [3.8, 4) is 22.6 Å². The zero-order valence-corrected chi connectivity index (χ0v) is 16.8. The summed E-state index contributed by atoms with van der Waals surface area (Å²) in [5, 5.41) is 15.2. The third-order valence-electron chi connectivity index (χ3n) is 5.35. The molecule has 1 saturated heterocycles. The summed E-state index contributed by atoms with van der Waals surface area (Å²) in [6.45, 7) is 2.54. The molecule has 7 nitrogen and oxygen atoms in total. The second-order valence-electron chi connectivity index (χ2n) is 7.31. The predicted molar refractivity (Wildman–Crippen MR) is 109 cm³/mol. The van der Waals surface area contributed by atoms with Gasteiger partial charge in [-0.2, -0.15) is 0 Å². The van der Waals surface area contributed by atoms with E-state index in [1.54, 1.807) is 21.1 Å². The van der Waals surface area contributed by atoms with E-state index in [1.165, 1.54) is 0 Å². The molecule has 0 spiro atoms. The molecule has 0 radical (unpaired) electrons. The minimum absolute atomic E-state index is 0.195. The van der Waals surface area contributed by atoms with Gasteiger partial charge in [0.1, 0.15) is 17.5 Å². The lowest BCUT2D eigenvalue weighted by Gasteiger charge is -2.38. The molecule has 1 aliphatic heterocycles. The molecule has 3 N–H and O–H groups in total. The van der Waals surface area contributed by atoms with Crippen LogP contribution >= 0.6 is 0 Å². The summed E-state index contributed by atoms with van der Waals surface area (Å²) in [4.78, 5) is 24.0. The molecule has 29 heavy (non-hydrogen) atoms. The highest BCUT2D eigenvalue weighted by Gasteiger charge is 2.40. The van der Waals surface area contributed by atoms with E-state index >= 15 is 0 Å². The van der Waals surface area contributed by atoms with E-state index in [0.717, 1.165) is 23.2 Å². The number of carboxylic acids is 1. The highest BCUT2D eigenvalue weighted by molar-refractivity contribution is 5.90. The number of rotatable bonds is 8. The van der Waals surface area contributed by atoms with Crippen molar-refractivity contribution in [1.29, 1.82) is 0 Å². The van der Waals surface area contributed by atoms with E-state index in [4.69, 9.17) is 9.47 Å². The number of nitrogens with one attached hydrogen (secondary N) is 2. The number of ether oxygens (including phenoxy) is 2. The Balaban J connectivity index is 1.77. The maximum atomic E-state index is 12.4. The van der Waals surface area contributed by atoms with Gasteiger partial charge in [0.25, 0.3) is 0 Å². The van der Waals surface area contributed by atoms with Crippen LogP contribution in [0.15, 0.2) is 42.5 Å². The van der Waals surface area contributed by atoms with Crippen LogP contribution in [-0.4, -0.2) is 49.3 Å². The monoisotopic (exact) mass is 398 g/mol. The van der Waals surface area contributed by atoms with Crippen molar-refractivity contribution in [2.24, 2.45) is 0 Å². The molecule has 1 heterocycles. The van der Waals surface area contributed by atoms with Crippen molar-refractivity contribution in [3.63, 3.8) is 0 Å². The maximum absolute atomic E-state index is 12.4. The standard InChI is InChI=1S/C22H26N2O5/c1-22(11-12-23-22)21(27)24-16(20(25)26)13-14-7-9-15(10-8-14)19-17(28-2)5-4-6-18(19)29-3/h4-10,16,23H,11-13H2,1-3H3,(H,24,27)(H,25,26)/t16-,22?/m0/s1. The molecule has 1 amide bonds. The number of carboxylic acid groups (broad SMARTS) is 1. The summed E-state index contributed by atoms with van der Waals surface area (Å²) < 4.78 is 10.9. The molecule has 2 aromatic carbocycles. The lowest BCUT2D eigenvalue weighted by Crippen LogP contribution is -2.65. The number of hydrogen-bond donors (Lipinski definition) is 3. The molecule has 2 aromatic rings. The maximum Gasteiger partial charge on any atom is 0.326 e. The van der Waals surface area contributed by atoms with Gasteiger partial charge in [0.15, 0.2) is 0 Å². The number of amides is 1. The van der Waals surface area contributed by atoms with Gasteiger partial charge in [0.05, 0.1) is 25.3 Å². The molecule has 0 bridgehead atoms. The van der Waals surface area contributed by atoms with Crippen LogP contribution in [0.4, 0.5) is 0 Å². The van der Waals surface area contributed by atoms with E-state index < -0.39 is 17.6 Å². The quantitative estimate of drug-likeness (QED) is 0.631. The molecule has 154 valence electrons. The molecule has 0 saturated carbocycles. The molecular weight excluding hydrogens is 372 g/mol. The van der Waals surface area contributed by atoms with Gasteiger partial charge in [-0.15, -0.1) is 0 Å². The first kappa shape index (κ1) is 20.7. The molecule has 0 aliphatic carbocycles. The number of benzene rings is 2. The van der Waals surface area contributed by atoms with Gasteiger partial charge >= 0.3 is 5.97 Å². The Labute approximate surface area is 170 Å². The summed E-state index contributed by atoms with van der Waals surface area (Å²) in [6.07, 6.45) is 0.890. The van der Waals surface area contributed by atoms with Crippen LogP contribution < -0.4 is 20.1 Å². The van der Waals surface area contributed by atoms with Crippen molar-refractivity contribution < 1.29 is 24.2 Å². The second kappa shape index (κ2) is 8.53. The Morgan fingerprint density at radius 1 is 1.14 bits per heavy atom. The number of hydrogen-bond acceptors (Lipinski definition) is 5. The average molecular weight is 398 g/mol. The van der Waals surface area contributed by atoms with Crippen LogP contribution in [0.25, 0.3) is 11.1 Å². The first-order valence-corrected chi connectivity index (χ1v) is 9.47. The van der Waals surface area contributed by atoms with Crippen molar-refractivity contribution >= 4 is 11.9 Å². The van der Waals surface area contributed by atoms with E-state index in [2.05, 4.69) is 10.6 Å². The molecule has 7 heteroatoms. The van der Waals surface area contributed by atoms with Crippen molar-refractivity contribution in [2.75, 3.05) is 20.8 Å². The van der Waals surface area contributed by atoms with Gasteiger partial charge in [-0.25, -0.2) is 4.79 Å². The highest BCUT2D eigenvalue weighted by Crippen LogP contribution is 2.38. The number of carbonyl (C=O) groups excluding carboxylic acids is 1. The Kier molecular flexibility index (Phi) is 6.08. The average Bonchev–Trinajstić information content (AvgIpc) is 2.71. The van der Waals surface area contributed by atoms with Gasteiger partial charge in [-0.1, -0.05) is 30.3 Å². The molecule has 3 rings (SSSR count). The molecule has 2 atom stereocenters. The minimum atomic E-state index is -1.06. The van der Waals surface area contributed by atoms with E-state index in [-0.39, 0.29) is 12.3 Å². The zero-order valence-electron chi connectivity index (χ0n) is 16.8. The van der Waals surface area contributed by atoms with Crippen LogP contribution in [0.5, 0.6) is 11.5 Å². The summed E-state index contributed by atoms with van der Waals surface area (Å²) >= 11 is 0. The minimum Gasteiger partial charge on any atom is -0.496 e. The Morgan fingerprint density at radius 3 is 2.17 bits per heavy atom. The Morgan fingerprint density at radius 2 is 1.72 bits per heavy atom. The van der Waals surface area contributed by atoms with Gasteiger partial charge in [0.2, 0.25) is 5.91 Å². The second-order valence-corrected chi connectivity index (χ2v) is 7.31. The fraction of sp³-hybridized carbons (Fsp3) is 0.364. The summed E-state index contributed by atoms with van der Waals surface area (Å²) in [5.74, 6) is 0.0336. The van der Waals surface area contributed by atoms with Gasteiger partial charge in [-0.3, -0.25) is 4.79 Å². The first-order valence-electron chi connectivity index (χ1n) is 9.47. The number of aliphatic carboxylic acids is 1. The number of methoxy groups -OCH3 is 2. The summed E-state index contributed by atoms with van der Waals surface area (Å²) in [7, 11) is 3.20. The molecule has 0 aromatic heterocycles. The summed E-state index contributed by atoms with van der Waals surface area (Å²) in [6, 6.07) is 12.1. The van der Waals surface area contributed by atoms with Crippen molar-refractivity contribution in [1.82, 2.24) is 10.6 Å². The zero-order chi connectivity index (χ0) is 21.0. The lowest BCUT2D eigenvalue weighted by atomic mass is 9.88. The molecule has 1 aliphatic rings. The van der Waals surface area contributed by atoms with Crippen molar-refractivity contribution in [2.45, 2.75) is 31.3 Å². The van der Waals surface area contributed by atoms with Crippen LogP contribution in [0, 0.1) is 0 Å². The number of carbonyl (C=O) groups is 2. The molecule has 1 unspecified atom stereocenters. The summed E-state index contributed by atoms with van der Waals surface area (Å²) in [5.41, 5.74) is 1.85. The Bertz CT molecular complexity index is 868. The fourth-order valence-corrected chi connectivity index (χ4v) is 3.39. The van der Waals surface area contributed by atoms with Gasteiger partial charge < -0.3 is 25.2 Å². The van der Waals surface area contributed by atoms with E-state index in [0.29, 0.717) is 17.9 Å². The predicted octanol–water partition coefficient (Wildman–Crippen LogP) is 2.23. The van der Waals surface area contributed by atoms with Gasteiger partial charge in [-0.05, 0) is 43.1 Å².